The van der Waals surface area contributed by atoms with Gasteiger partial charge in [-0.2, -0.15) is 0 Å². The Balaban J connectivity index is 2.89. The lowest BCUT2D eigenvalue weighted by Crippen LogP contribution is -2.42. The highest BCUT2D eigenvalue weighted by molar-refractivity contribution is 9.10. The number of methoxy groups -OCH3 is 1. The van der Waals surface area contributed by atoms with Crippen LogP contribution in [0.5, 0.6) is 5.75 Å². The third-order valence-electron chi connectivity index (χ3n) is 3.36. The minimum Gasteiger partial charge on any atom is -0.497 e. The molecule has 3 heteroatoms. The van der Waals surface area contributed by atoms with Gasteiger partial charge in [0.25, 0.3) is 0 Å². The predicted octanol–water partition coefficient (Wildman–Crippen LogP) is 4.41. The van der Waals surface area contributed by atoms with Gasteiger partial charge in [0.1, 0.15) is 5.75 Å². The second-order valence-electron chi connectivity index (χ2n) is 6.03. The first-order chi connectivity index (χ1) is 8.88. The largest absolute Gasteiger partial charge is 0.497 e. The summed E-state index contributed by atoms with van der Waals surface area (Å²) in [5, 5.41) is 3.66. The summed E-state index contributed by atoms with van der Waals surface area (Å²) in [7, 11) is 1.71. The molecule has 1 N–H and O–H groups in total. The molecule has 0 heterocycles. The van der Waals surface area contributed by atoms with Gasteiger partial charge in [-0.3, -0.25) is 0 Å². The molecule has 1 aromatic carbocycles. The van der Waals surface area contributed by atoms with Crippen molar-refractivity contribution in [1.82, 2.24) is 5.32 Å². The van der Waals surface area contributed by atoms with Crippen molar-refractivity contribution >= 4 is 15.9 Å². The number of hydrogen-bond acceptors (Lipinski definition) is 2. The average Bonchev–Trinajstić information content (AvgIpc) is 2.35. The Morgan fingerprint density at radius 3 is 2.53 bits per heavy atom. The van der Waals surface area contributed by atoms with Crippen LogP contribution in [0.3, 0.4) is 0 Å². The lowest BCUT2D eigenvalue weighted by Gasteiger charge is -2.32. The Morgan fingerprint density at radius 2 is 2.00 bits per heavy atom. The molecule has 19 heavy (non-hydrogen) atoms. The smallest absolute Gasteiger partial charge is 0.119 e. The summed E-state index contributed by atoms with van der Waals surface area (Å²) in [5.74, 6) is 0.918. The molecule has 1 aromatic rings. The van der Waals surface area contributed by atoms with Crippen molar-refractivity contribution in [1.29, 1.82) is 0 Å². The summed E-state index contributed by atoms with van der Waals surface area (Å²) in [6, 6.07) is 6.62. The highest BCUT2D eigenvalue weighted by atomic mass is 79.9. The van der Waals surface area contributed by atoms with Crippen molar-refractivity contribution in [2.24, 2.45) is 5.41 Å². The second kappa shape index (κ2) is 7.30. The maximum Gasteiger partial charge on any atom is 0.119 e. The zero-order valence-electron chi connectivity index (χ0n) is 12.7. The quantitative estimate of drug-likeness (QED) is 0.835. The average molecular weight is 328 g/mol. The molecule has 0 aliphatic heterocycles. The van der Waals surface area contributed by atoms with Crippen LogP contribution < -0.4 is 10.1 Å². The first kappa shape index (κ1) is 16.5. The van der Waals surface area contributed by atoms with Crippen LogP contribution in [0, 0.1) is 5.41 Å². The van der Waals surface area contributed by atoms with Crippen LogP contribution in [0.25, 0.3) is 0 Å². The summed E-state index contributed by atoms with van der Waals surface area (Å²) in [6.45, 7) is 10.1. The fourth-order valence-electron chi connectivity index (χ4n) is 2.06. The van der Waals surface area contributed by atoms with E-state index in [1.54, 1.807) is 7.11 Å². The van der Waals surface area contributed by atoms with E-state index in [9.17, 15) is 0 Å². The molecule has 0 bridgehead atoms. The van der Waals surface area contributed by atoms with Crippen molar-refractivity contribution in [2.75, 3.05) is 13.7 Å². The lowest BCUT2D eigenvalue weighted by atomic mass is 9.83. The topological polar surface area (TPSA) is 21.3 Å². The summed E-state index contributed by atoms with van der Waals surface area (Å²) >= 11 is 3.64. The Bertz CT molecular complexity index is 398. The van der Waals surface area contributed by atoms with Crippen molar-refractivity contribution in [3.05, 3.63) is 28.2 Å². The van der Waals surface area contributed by atoms with E-state index < -0.39 is 0 Å². The van der Waals surface area contributed by atoms with E-state index in [0.29, 0.717) is 6.04 Å². The normalized spacial score (nSPS) is 13.4. The maximum atomic E-state index is 5.32. The molecule has 0 saturated heterocycles. The van der Waals surface area contributed by atoms with Crippen LogP contribution >= 0.6 is 15.9 Å². The molecule has 0 radical (unpaired) electrons. The monoisotopic (exact) mass is 327 g/mol. The van der Waals surface area contributed by atoms with Gasteiger partial charge in [0.15, 0.2) is 0 Å². The number of hydrogen-bond donors (Lipinski definition) is 1. The molecular weight excluding hydrogens is 302 g/mol. The van der Waals surface area contributed by atoms with Crippen molar-refractivity contribution in [3.8, 4) is 5.75 Å². The van der Waals surface area contributed by atoms with Crippen molar-refractivity contribution < 1.29 is 4.74 Å². The van der Waals surface area contributed by atoms with Crippen molar-refractivity contribution in [3.63, 3.8) is 0 Å². The maximum absolute atomic E-state index is 5.32. The Kier molecular flexibility index (Phi) is 6.34. The lowest BCUT2D eigenvalue weighted by molar-refractivity contribution is 0.266. The summed E-state index contributed by atoms with van der Waals surface area (Å²) in [4.78, 5) is 0. The highest BCUT2D eigenvalue weighted by Crippen LogP contribution is 2.28. The third kappa shape index (κ3) is 5.15. The van der Waals surface area contributed by atoms with Crippen LogP contribution in [0.2, 0.25) is 0 Å². The molecule has 0 aliphatic rings. The summed E-state index contributed by atoms with van der Waals surface area (Å²) in [6.07, 6.45) is 2.16. The van der Waals surface area contributed by atoms with Gasteiger partial charge in [-0.05, 0) is 48.6 Å². The SMILES string of the molecule is CCCNC(Cc1cc(OC)ccc1Br)C(C)(C)C. The summed E-state index contributed by atoms with van der Waals surface area (Å²) in [5.41, 5.74) is 1.53. The molecular formula is C16H26BrNO. The van der Waals surface area contributed by atoms with Gasteiger partial charge < -0.3 is 10.1 Å². The van der Waals surface area contributed by atoms with Crippen LogP contribution in [-0.2, 0) is 6.42 Å². The van der Waals surface area contributed by atoms with E-state index in [1.807, 2.05) is 6.07 Å². The Morgan fingerprint density at radius 1 is 1.32 bits per heavy atom. The van der Waals surface area contributed by atoms with E-state index in [2.05, 4.69) is 61.1 Å². The number of rotatable bonds is 6. The first-order valence-electron chi connectivity index (χ1n) is 6.94. The van der Waals surface area contributed by atoms with E-state index in [1.165, 1.54) is 5.56 Å². The first-order valence-corrected chi connectivity index (χ1v) is 7.73. The van der Waals surface area contributed by atoms with Gasteiger partial charge >= 0.3 is 0 Å². The van der Waals surface area contributed by atoms with E-state index in [4.69, 9.17) is 4.74 Å². The number of benzene rings is 1. The molecule has 0 spiro atoms. The van der Waals surface area contributed by atoms with Crippen LogP contribution in [0.15, 0.2) is 22.7 Å². The van der Waals surface area contributed by atoms with E-state index >= 15 is 0 Å². The fourth-order valence-corrected chi connectivity index (χ4v) is 2.47. The van der Waals surface area contributed by atoms with Crippen LogP contribution in [-0.4, -0.2) is 19.7 Å². The zero-order valence-corrected chi connectivity index (χ0v) is 14.3. The Hall–Kier alpha value is -0.540. The minimum atomic E-state index is 0.234. The molecule has 2 nitrogen and oxygen atoms in total. The molecule has 0 fully saturated rings. The number of nitrogens with one attached hydrogen (secondary N) is 1. The standard InChI is InChI=1S/C16H26BrNO/c1-6-9-18-15(16(2,3)4)11-12-10-13(19-5)7-8-14(12)17/h7-8,10,15,18H,6,9,11H2,1-5H3. The van der Waals surface area contributed by atoms with Gasteiger partial charge in [0, 0.05) is 10.5 Å². The molecule has 0 aliphatic carbocycles. The van der Waals surface area contributed by atoms with Gasteiger partial charge in [-0.25, -0.2) is 0 Å². The van der Waals surface area contributed by atoms with Gasteiger partial charge in [-0.1, -0.05) is 43.6 Å². The molecule has 0 amide bonds. The molecule has 0 aromatic heterocycles. The van der Waals surface area contributed by atoms with Gasteiger partial charge in [0.05, 0.1) is 7.11 Å². The predicted molar refractivity (Wildman–Crippen MR) is 85.9 cm³/mol. The van der Waals surface area contributed by atoms with Crippen molar-refractivity contribution in [2.45, 2.75) is 46.6 Å². The second-order valence-corrected chi connectivity index (χ2v) is 6.89. The van der Waals surface area contributed by atoms with Gasteiger partial charge in [0.2, 0.25) is 0 Å². The molecule has 1 unspecified atom stereocenters. The molecule has 1 rings (SSSR count). The van der Waals surface area contributed by atoms with E-state index in [0.717, 1.165) is 29.6 Å². The van der Waals surface area contributed by atoms with Gasteiger partial charge in [-0.15, -0.1) is 0 Å². The highest BCUT2D eigenvalue weighted by Gasteiger charge is 2.24. The van der Waals surface area contributed by atoms with Crippen LogP contribution in [0.4, 0.5) is 0 Å². The van der Waals surface area contributed by atoms with Crippen LogP contribution in [0.1, 0.15) is 39.7 Å². The zero-order chi connectivity index (χ0) is 14.5. The number of halogens is 1. The number of ether oxygens (including phenoxy) is 1. The molecule has 1 atom stereocenters. The molecule has 108 valence electrons. The fraction of sp³-hybridized carbons (Fsp3) is 0.625. The summed E-state index contributed by atoms with van der Waals surface area (Å²) < 4.78 is 6.47. The third-order valence-corrected chi connectivity index (χ3v) is 4.14. The molecule has 0 saturated carbocycles. The minimum absolute atomic E-state index is 0.234. The van der Waals surface area contributed by atoms with E-state index in [-0.39, 0.29) is 5.41 Å². The Labute approximate surface area is 126 Å².